The maximum atomic E-state index is 11.5. The number of nitrogens with one attached hydrogen (secondary N) is 3. The number of imidazole rings is 1. The normalized spacial score (nSPS) is 14.4. The molecule has 2 aromatic heterocycles. The van der Waals surface area contributed by atoms with Crippen LogP contribution in [-0.4, -0.2) is 76.7 Å². The van der Waals surface area contributed by atoms with Crippen LogP contribution in [0.2, 0.25) is 5.02 Å². The van der Waals surface area contributed by atoms with Crippen molar-refractivity contribution in [1.82, 2.24) is 24.9 Å². The topological polar surface area (TPSA) is 242 Å². The van der Waals surface area contributed by atoms with Crippen LogP contribution in [0.25, 0.3) is 5.65 Å². The first-order valence-electron chi connectivity index (χ1n) is 12.9. The van der Waals surface area contributed by atoms with Gasteiger partial charge in [-0.1, -0.05) is 23.7 Å². The molecule has 16 nitrogen and oxygen atoms in total. The van der Waals surface area contributed by atoms with Gasteiger partial charge < -0.3 is 41.8 Å². The van der Waals surface area contributed by atoms with Gasteiger partial charge in [0.25, 0.3) is 0 Å². The summed E-state index contributed by atoms with van der Waals surface area (Å²) in [6.45, 7) is 3.62. The molecule has 1 fully saturated rings. The minimum absolute atomic E-state index is 0. The zero-order chi connectivity index (χ0) is 31.5. The molecule has 1 saturated heterocycles. The van der Waals surface area contributed by atoms with Crippen molar-refractivity contribution < 1.29 is 56.9 Å². The van der Waals surface area contributed by atoms with Crippen molar-refractivity contribution in [3.8, 4) is 12.1 Å². The Labute approximate surface area is 288 Å². The van der Waals surface area contributed by atoms with Crippen molar-refractivity contribution in [3.63, 3.8) is 0 Å². The summed E-state index contributed by atoms with van der Waals surface area (Å²) in [5, 5.41) is 32.7. The molecule has 0 unspecified atom stereocenters. The summed E-state index contributed by atoms with van der Waals surface area (Å²) in [5.41, 5.74) is 11.8. The smallest absolute Gasteiger partial charge is 0.404 e. The molecule has 3 heterocycles. The molecule has 0 bridgehead atoms. The summed E-state index contributed by atoms with van der Waals surface area (Å²) < 4.78 is 6.05. The number of halogens is 1. The zero-order valence-corrected chi connectivity index (χ0v) is 26.3. The first-order chi connectivity index (χ1) is 20.6. The van der Waals surface area contributed by atoms with Crippen molar-refractivity contribution in [2.75, 3.05) is 42.3 Å². The van der Waals surface area contributed by atoms with Crippen LogP contribution in [0.1, 0.15) is 31.0 Å². The number of rotatable bonds is 9. The summed E-state index contributed by atoms with van der Waals surface area (Å²) in [6, 6.07) is 6.56. The second kappa shape index (κ2) is 17.4. The summed E-state index contributed by atoms with van der Waals surface area (Å²) in [7, 11) is 1.32. The van der Waals surface area contributed by atoms with Crippen molar-refractivity contribution in [2.24, 2.45) is 11.5 Å². The number of hydrogen-bond donors (Lipinski definition) is 5. The van der Waals surface area contributed by atoms with E-state index in [2.05, 4.69) is 53.6 Å². The average molecular weight is 774 g/mol. The van der Waals surface area contributed by atoms with Crippen molar-refractivity contribution in [3.05, 3.63) is 41.0 Å². The van der Waals surface area contributed by atoms with Crippen LogP contribution < -0.4 is 32.3 Å². The number of carbonyl (C=O) groups is 2. The number of amides is 2. The number of alkyl carbamates (subject to hydrolysis) is 1. The van der Waals surface area contributed by atoms with Gasteiger partial charge >= 0.3 is 6.09 Å². The number of nitriles is 2. The Morgan fingerprint density at radius 1 is 1.34 bits per heavy atom. The van der Waals surface area contributed by atoms with Crippen LogP contribution in [0, 0.1) is 66.8 Å². The predicted octanol–water partition coefficient (Wildman–Crippen LogP) is 1.13. The Balaban J connectivity index is 0.000000662. The maximum absolute atomic E-state index is 11.5. The molecule has 1 aliphatic heterocycles. The first kappa shape index (κ1) is 36.3. The molecule has 44 heavy (non-hydrogen) atoms. The monoisotopic (exact) mass is 773 g/mol. The third kappa shape index (κ3) is 9.54. The van der Waals surface area contributed by atoms with Crippen molar-refractivity contribution >= 4 is 58.7 Å². The first-order valence-corrected chi connectivity index (χ1v) is 13.3. The van der Waals surface area contributed by atoms with Crippen LogP contribution >= 0.6 is 11.6 Å². The molecular weight excluding hydrogens is 745 g/mol. The van der Waals surface area contributed by atoms with Gasteiger partial charge in [-0.15, -0.1) is 11.6 Å². The van der Waals surface area contributed by atoms with Gasteiger partial charge in [0, 0.05) is 57.2 Å². The van der Waals surface area contributed by atoms with E-state index in [4.69, 9.17) is 17.3 Å². The summed E-state index contributed by atoms with van der Waals surface area (Å²) in [4.78, 5) is 41.7. The third-order valence-corrected chi connectivity index (χ3v) is 6.37. The number of aromatic nitrogens is 4. The van der Waals surface area contributed by atoms with E-state index in [9.17, 15) is 24.9 Å². The second-order valence-corrected chi connectivity index (χ2v) is 9.38. The molecule has 18 heteroatoms. The van der Waals surface area contributed by atoms with Crippen LogP contribution in [0.15, 0.2) is 18.3 Å². The van der Waals surface area contributed by atoms with Gasteiger partial charge in [0.1, 0.15) is 6.07 Å². The van der Waals surface area contributed by atoms with Crippen LogP contribution in [-0.2, 0) is 14.3 Å². The number of methoxy groups -OCH3 is 1. The van der Waals surface area contributed by atoms with Crippen molar-refractivity contribution in [1.29, 1.82) is 10.5 Å². The number of piperidine rings is 1. The van der Waals surface area contributed by atoms with E-state index in [0.29, 0.717) is 59.5 Å². The fraction of sp³-hybridized carbons (Fsp3) is 0.346. The Hall–Kier alpha value is -3.93. The average Bonchev–Trinajstić information content (AvgIpc) is 3.42. The van der Waals surface area contributed by atoms with Gasteiger partial charge in [0.15, 0.2) is 17.2 Å². The standard InChI is InChI=1S/C22H22ClN10O2.C4H7N2O2.Ho/c1-3-26-19-20-27-12-15(11-25)33(20)31-21(30-19)29-16-8-13(10-24)9-17(18(16)23)32-6-4-14(5-7-32)28-22(34)35-2;5-3(2-7)1-4(6)8;/h4,8-9,12,14H,3,5-7H2,1-2H3,(H,28,34)(H2,26,29,30,31);3H,1,5H2,(H2,6,8);/q2*-1;/t14-;3-;/m01./s1. The van der Waals surface area contributed by atoms with Crippen LogP contribution in [0.3, 0.4) is 0 Å². The molecule has 2 amide bonds. The van der Waals surface area contributed by atoms with Crippen LogP contribution in [0.4, 0.5) is 27.9 Å². The van der Waals surface area contributed by atoms with Gasteiger partial charge in [-0.2, -0.15) is 20.0 Å². The number of carbonyl (C=O) groups excluding carboxylic acids is 3. The predicted molar refractivity (Wildman–Crippen MR) is 157 cm³/mol. The van der Waals surface area contributed by atoms with E-state index in [0.717, 1.165) is 0 Å². The number of fused-ring (bicyclic) bond motifs is 1. The molecule has 237 valence electrons. The van der Waals surface area contributed by atoms with E-state index < -0.39 is 18.0 Å². The molecule has 1 aliphatic rings. The minimum Gasteiger partial charge on any atom is -0.540 e. The van der Waals surface area contributed by atoms with Crippen molar-refractivity contribution in [2.45, 2.75) is 31.8 Å². The van der Waals surface area contributed by atoms with Gasteiger partial charge in [-0.3, -0.25) is 11.2 Å². The Morgan fingerprint density at radius 3 is 2.64 bits per heavy atom. The zero-order valence-electron chi connectivity index (χ0n) is 23.6. The summed E-state index contributed by atoms with van der Waals surface area (Å²) >= 11 is 6.76. The molecule has 3 aromatic rings. The molecule has 2 atom stereocenters. The number of primary amides is 1. The Bertz CT molecular complexity index is 1560. The van der Waals surface area contributed by atoms with E-state index in [1.165, 1.54) is 24.1 Å². The molecule has 0 saturated carbocycles. The van der Waals surface area contributed by atoms with Gasteiger partial charge in [0.2, 0.25) is 11.9 Å². The summed E-state index contributed by atoms with van der Waals surface area (Å²) in [6.07, 6.45) is 4.84. The third-order valence-electron chi connectivity index (χ3n) is 5.97. The SMILES string of the molecule is CCNc1nc(Nc2cc(C#N)cc(N3C[CH-][C@H](NC(=O)OC)CC3)c2Cl)nn2c(C#N)cnc12.NC(=O)C[C@@H](N)[C-]=O.[Ho]. The number of hydrogen-bond acceptors (Lipinski definition) is 13. The Morgan fingerprint density at radius 2 is 2.09 bits per heavy atom. The maximum Gasteiger partial charge on any atom is 0.404 e. The molecule has 4 rings (SSSR count). The van der Waals surface area contributed by atoms with Gasteiger partial charge in [-0.25, -0.2) is 16.1 Å². The number of anilines is 4. The second-order valence-electron chi connectivity index (χ2n) is 9.01. The largest absolute Gasteiger partial charge is 0.540 e. The number of nitrogens with zero attached hydrogens (tertiary/aromatic N) is 7. The van der Waals surface area contributed by atoms with Crippen LogP contribution in [0.5, 0.6) is 0 Å². The number of benzene rings is 1. The molecular formula is C26H29ClHoN12O4-2. The van der Waals surface area contributed by atoms with E-state index in [-0.39, 0.29) is 61.8 Å². The van der Waals surface area contributed by atoms with E-state index >= 15 is 0 Å². The fourth-order valence-corrected chi connectivity index (χ4v) is 4.26. The van der Waals surface area contributed by atoms with E-state index in [1.54, 1.807) is 12.1 Å². The molecule has 0 aliphatic carbocycles. The molecule has 1 radical (unpaired) electrons. The van der Waals surface area contributed by atoms with Gasteiger partial charge in [-0.05, 0) is 25.5 Å². The van der Waals surface area contributed by atoms with Gasteiger partial charge in [0.05, 0.1) is 41.3 Å². The quantitative estimate of drug-likeness (QED) is 0.152. The molecule has 0 spiro atoms. The summed E-state index contributed by atoms with van der Waals surface area (Å²) in [5.74, 6) is 0.0494. The number of nitrogens with two attached hydrogens (primary N) is 2. The fourth-order valence-electron chi connectivity index (χ4n) is 3.99. The molecule has 1 aromatic carbocycles. The minimum atomic E-state index is -0.854. The molecule has 7 N–H and O–H groups in total. The number of ether oxygens (including phenoxy) is 1. The van der Waals surface area contributed by atoms with E-state index in [1.807, 2.05) is 18.2 Å². The Kier molecular flexibility index (Phi) is 14.3.